The van der Waals surface area contributed by atoms with Crippen molar-refractivity contribution in [3.8, 4) is 11.5 Å². The zero-order chi connectivity index (χ0) is 18.2. The minimum Gasteiger partial charge on any atom is -0.496 e. The van der Waals surface area contributed by atoms with Gasteiger partial charge < -0.3 is 20.1 Å². The molecular formula is C19H23ClN2O3. The van der Waals surface area contributed by atoms with E-state index >= 15 is 0 Å². The summed E-state index contributed by atoms with van der Waals surface area (Å²) in [6.45, 7) is 4.42. The van der Waals surface area contributed by atoms with E-state index < -0.39 is 0 Å². The van der Waals surface area contributed by atoms with E-state index in [9.17, 15) is 4.79 Å². The van der Waals surface area contributed by atoms with Crippen LogP contribution < -0.4 is 20.1 Å². The maximum atomic E-state index is 11.8. The third kappa shape index (κ3) is 5.57. The number of hydrogen-bond donors (Lipinski definition) is 2. The molecule has 2 aromatic carbocycles. The SMILES string of the molecule is COc1ccccc1CCNC(=O)NCOc1cc(C)c(Cl)c(C)c1. The average Bonchev–Trinajstić information content (AvgIpc) is 2.60. The first-order valence-electron chi connectivity index (χ1n) is 8.04. The van der Waals surface area contributed by atoms with Crippen LogP contribution in [0.2, 0.25) is 5.02 Å². The van der Waals surface area contributed by atoms with Crippen LogP contribution in [-0.4, -0.2) is 26.4 Å². The summed E-state index contributed by atoms with van der Waals surface area (Å²) in [6.07, 6.45) is 0.688. The number of benzene rings is 2. The number of ether oxygens (including phenoxy) is 2. The van der Waals surface area contributed by atoms with Gasteiger partial charge in [0.05, 0.1) is 7.11 Å². The standard InChI is InChI=1S/C19H23ClN2O3/c1-13-10-16(11-14(2)18(13)20)25-12-22-19(23)21-9-8-15-6-4-5-7-17(15)24-3/h4-7,10-11H,8-9,12H2,1-3H3,(H2,21,22,23). The molecule has 2 rings (SSSR count). The third-order valence-corrected chi connectivity index (χ3v) is 4.35. The molecule has 0 fully saturated rings. The van der Waals surface area contributed by atoms with Crippen molar-refractivity contribution in [2.45, 2.75) is 20.3 Å². The first-order valence-corrected chi connectivity index (χ1v) is 8.42. The lowest BCUT2D eigenvalue weighted by molar-refractivity contribution is 0.224. The summed E-state index contributed by atoms with van der Waals surface area (Å²) in [7, 11) is 1.64. The molecule has 2 amide bonds. The van der Waals surface area contributed by atoms with Crippen LogP contribution in [0.3, 0.4) is 0 Å². The van der Waals surface area contributed by atoms with E-state index in [1.807, 2.05) is 50.2 Å². The highest BCUT2D eigenvalue weighted by molar-refractivity contribution is 6.32. The number of rotatable bonds is 7. The Balaban J connectivity index is 1.72. The van der Waals surface area contributed by atoms with Crippen molar-refractivity contribution in [3.63, 3.8) is 0 Å². The van der Waals surface area contributed by atoms with Crippen molar-refractivity contribution < 1.29 is 14.3 Å². The highest BCUT2D eigenvalue weighted by atomic mass is 35.5. The summed E-state index contributed by atoms with van der Waals surface area (Å²) in [5.41, 5.74) is 2.93. The summed E-state index contributed by atoms with van der Waals surface area (Å²) in [4.78, 5) is 11.8. The summed E-state index contributed by atoms with van der Waals surface area (Å²) in [5.74, 6) is 1.50. The summed E-state index contributed by atoms with van der Waals surface area (Å²) >= 11 is 6.12. The lowest BCUT2D eigenvalue weighted by atomic mass is 10.1. The Labute approximate surface area is 153 Å². The fourth-order valence-corrected chi connectivity index (χ4v) is 2.57. The van der Waals surface area contributed by atoms with Crippen molar-refractivity contribution in [2.24, 2.45) is 0 Å². The Kier molecular flexibility index (Phi) is 6.95. The van der Waals surface area contributed by atoms with Gasteiger partial charge in [-0.3, -0.25) is 0 Å². The first kappa shape index (κ1) is 18.9. The molecule has 5 nitrogen and oxygen atoms in total. The third-order valence-electron chi connectivity index (χ3n) is 3.75. The number of nitrogens with one attached hydrogen (secondary N) is 2. The van der Waals surface area contributed by atoms with Crippen molar-refractivity contribution in [3.05, 3.63) is 58.1 Å². The number of aryl methyl sites for hydroxylation is 2. The molecular weight excluding hydrogens is 340 g/mol. The Morgan fingerprint density at radius 1 is 1.12 bits per heavy atom. The van der Waals surface area contributed by atoms with Crippen LogP contribution in [0.1, 0.15) is 16.7 Å². The fraction of sp³-hybridized carbons (Fsp3) is 0.316. The Hall–Kier alpha value is -2.40. The number of hydrogen-bond acceptors (Lipinski definition) is 3. The number of halogens is 1. The van der Waals surface area contributed by atoms with E-state index in [4.69, 9.17) is 21.1 Å². The number of para-hydroxylation sites is 1. The van der Waals surface area contributed by atoms with E-state index in [1.54, 1.807) is 7.11 Å². The van der Waals surface area contributed by atoms with Gasteiger partial charge in [-0.25, -0.2) is 4.79 Å². The second kappa shape index (κ2) is 9.18. The molecule has 0 aromatic heterocycles. The molecule has 0 heterocycles. The van der Waals surface area contributed by atoms with Crippen LogP contribution in [-0.2, 0) is 6.42 Å². The topological polar surface area (TPSA) is 59.6 Å². The van der Waals surface area contributed by atoms with Crippen LogP contribution in [0.4, 0.5) is 4.79 Å². The average molecular weight is 363 g/mol. The molecule has 0 aliphatic heterocycles. The summed E-state index contributed by atoms with van der Waals surface area (Å²) in [5, 5.41) is 6.19. The lowest BCUT2D eigenvalue weighted by Crippen LogP contribution is -2.38. The van der Waals surface area contributed by atoms with E-state index in [0.717, 1.165) is 27.5 Å². The minimum absolute atomic E-state index is 0.0843. The van der Waals surface area contributed by atoms with Crippen LogP contribution >= 0.6 is 11.6 Å². The highest BCUT2D eigenvalue weighted by Crippen LogP contribution is 2.25. The maximum Gasteiger partial charge on any atom is 0.317 e. The van der Waals surface area contributed by atoms with Crippen molar-refractivity contribution in [1.29, 1.82) is 0 Å². The molecule has 0 atom stereocenters. The van der Waals surface area contributed by atoms with E-state index in [1.165, 1.54) is 0 Å². The van der Waals surface area contributed by atoms with Crippen molar-refractivity contribution >= 4 is 17.6 Å². The molecule has 0 unspecified atom stereocenters. The van der Waals surface area contributed by atoms with Gasteiger partial charge in [-0.2, -0.15) is 0 Å². The van der Waals surface area contributed by atoms with Crippen molar-refractivity contribution in [2.75, 3.05) is 20.4 Å². The van der Waals surface area contributed by atoms with Crippen LogP contribution in [0.5, 0.6) is 11.5 Å². The Morgan fingerprint density at radius 3 is 2.48 bits per heavy atom. The minimum atomic E-state index is -0.280. The molecule has 2 N–H and O–H groups in total. The number of methoxy groups -OCH3 is 1. The fourth-order valence-electron chi connectivity index (χ4n) is 2.46. The molecule has 0 spiro atoms. The number of carbonyl (C=O) groups is 1. The van der Waals surface area contributed by atoms with Gasteiger partial charge in [0.2, 0.25) is 0 Å². The molecule has 0 bridgehead atoms. The molecule has 0 radical (unpaired) electrons. The molecule has 0 aliphatic rings. The van der Waals surface area contributed by atoms with E-state index in [0.29, 0.717) is 18.7 Å². The second-order valence-corrected chi connectivity index (χ2v) is 6.03. The molecule has 0 saturated carbocycles. The predicted octanol–water partition coefficient (Wildman–Crippen LogP) is 3.84. The quantitative estimate of drug-likeness (QED) is 0.735. The van der Waals surface area contributed by atoms with Gasteiger partial charge in [-0.05, 0) is 55.2 Å². The smallest absolute Gasteiger partial charge is 0.317 e. The molecule has 25 heavy (non-hydrogen) atoms. The Bertz CT molecular complexity index is 711. The maximum absolute atomic E-state index is 11.8. The van der Waals surface area contributed by atoms with Gasteiger partial charge in [-0.1, -0.05) is 29.8 Å². The monoisotopic (exact) mass is 362 g/mol. The highest BCUT2D eigenvalue weighted by Gasteiger charge is 2.05. The van der Waals surface area contributed by atoms with Gasteiger partial charge >= 0.3 is 6.03 Å². The van der Waals surface area contributed by atoms with Gasteiger partial charge in [-0.15, -0.1) is 0 Å². The molecule has 6 heteroatoms. The number of urea groups is 1. The van der Waals surface area contributed by atoms with Crippen molar-refractivity contribution in [1.82, 2.24) is 10.6 Å². The van der Waals surface area contributed by atoms with E-state index in [2.05, 4.69) is 10.6 Å². The Morgan fingerprint density at radius 2 is 1.80 bits per heavy atom. The molecule has 0 aliphatic carbocycles. The molecule has 134 valence electrons. The normalized spacial score (nSPS) is 10.2. The van der Waals surface area contributed by atoms with Gasteiger partial charge in [0.1, 0.15) is 11.5 Å². The van der Waals surface area contributed by atoms with E-state index in [-0.39, 0.29) is 12.8 Å². The van der Waals surface area contributed by atoms with Gasteiger partial charge in [0.15, 0.2) is 6.73 Å². The van der Waals surface area contributed by atoms with Crippen LogP contribution in [0.15, 0.2) is 36.4 Å². The second-order valence-electron chi connectivity index (χ2n) is 5.65. The molecule has 0 saturated heterocycles. The summed E-state index contributed by atoms with van der Waals surface area (Å²) < 4.78 is 10.8. The van der Waals surface area contributed by atoms with Crippen LogP contribution in [0.25, 0.3) is 0 Å². The number of carbonyl (C=O) groups excluding carboxylic acids is 1. The lowest BCUT2D eigenvalue weighted by Gasteiger charge is -2.12. The summed E-state index contributed by atoms with van der Waals surface area (Å²) in [6, 6.07) is 11.2. The van der Waals surface area contributed by atoms with Gasteiger partial charge in [0.25, 0.3) is 0 Å². The zero-order valence-corrected chi connectivity index (χ0v) is 15.4. The first-order chi connectivity index (χ1) is 12.0. The number of amides is 2. The van der Waals surface area contributed by atoms with Crippen LogP contribution in [0, 0.1) is 13.8 Å². The zero-order valence-electron chi connectivity index (χ0n) is 14.7. The predicted molar refractivity (Wildman–Crippen MR) is 99.7 cm³/mol. The largest absolute Gasteiger partial charge is 0.496 e. The van der Waals surface area contributed by atoms with Gasteiger partial charge in [0, 0.05) is 11.6 Å². The molecule has 2 aromatic rings.